The van der Waals surface area contributed by atoms with E-state index in [9.17, 15) is 0 Å². The predicted molar refractivity (Wildman–Crippen MR) is 72.5 cm³/mol. The van der Waals surface area contributed by atoms with Crippen LogP contribution in [0.5, 0.6) is 0 Å². The molecule has 0 amide bonds. The molecule has 0 saturated carbocycles. The molecule has 0 aliphatic heterocycles. The Morgan fingerprint density at radius 1 is 1.39 bits per heavy atom. The van der Waals surface area contributed by atoms with Crippen LogP contribution >= 0.6 is 11.3 Å². The van der Waals surface area contributed by atoms with Gasteiger partial charge in [0.2, 0.25) is 0 Å². The van der Waals surface area contributed by atoms with Gasteiger partial charge >= 0.3 is 0 Å². The van der Waals surface area contributed by atoms with Gasteiger partial charge in [-0.1, -0.05) is 0 Å². The highest BCUT2D eigenvalue weighted by Gasteiger charge is 2.12. The van der Waals surface area contributed by atoms with Gasteiger partial charge in [0.1, 0.15) is 16.7 Å². The number of thiazole rings is 1. The van der Waals surface area contributed by atoms with Crippen LogP contribution in [0.15, 0.2) is 5.38 Å². The van der Waals surface area contributed by atoms with Crippen LogP contribution in [0.2, 0.25) is 0 Å². The maximum absolute atomic E-state index is 4.48. The Morgan fingerprint density at radius 3 is 2.78 bits per heavy atom. The molecule has 2 aromatic rings. The van der Waals surface area contributed by atoms with Gasteiger partial charge in [0.25, 0.3) is 0 Å². The third-order valence-corrected chi connectivity index (χ3v) is 4.05. The van der Waals surface area contributed by atoms with E-state index in [4.69, 9.17) is 0 Å². The van der Waals surface area contributed by atoms with Crippen LogP contribution in [0.3, 0.4) is 0 Å². The van der Waals surface area contributed by atoms with Crippen molar-refractivity contribution in [3.63, 3.8) is 0 Å². The molecule has 2 heterocycles. The summed E-state index contributed by atoms with van der Waals surface area (Å²) < 4.78 is 2.12. The van der Waals surface area contributed by atoms with Gasteiger partial charge in [-0.2, -0.15) is 0 Å². The van der Waals surface area contributed by atoms with Gasteiger partial charge in [-0.3, -0.25) is 0 Å². The lowest BCUT2D eigenvalue weighted by Crippen LogP contribution is -2.20. The molecule has 2 rings (SSSR count). The van der Waals surface area contributed by atoms with Crippen molar-refractivity contribution < 1.29 is 0 Å². The van der Waals surface area contributed by atoms with Crippen molar-refractivity contribution in [2.24, 2.45) is 0 Å². The van der Waals surface area contributed by atoms with Crippen LogP contribution in [0.4, 0.5) is 0 Å². The van der Waals surface area contributed by atoms with E-state index >= 15 is 0 Å². The summed E-state index contributed by atoms with van der Waals surface area (Å²) in [6.07, 6.45) is 0. The largest absolute Gasteiger partial charge is 0.314 e. The zero-order valence-electron chi connectivity index (χ0n) is 11.3. The third-order valence-electron chi connectivity index (χ3n) is 2.90. The number of rotatable bonds is 5. The molecule has 5 nitrogen and oxygen atoms in total. The van der Waals surface area contributed by atoms with E-state index in [1.807, 2.05) is 13.8 Å². The monoisotopic (exact) mass is 265 g/mol. The van der Waals surface area contributed by atoms with Gasteiger partial charge in [-0.25, -0.2) is 4.98 Å². The number of hydrogen-bond acceptors (Lipinski definition) is 5. The first-order chi connectivity index (χ1) is 8.61. The van der Waals surface area contributed by atoms with Gasteiger partial charge in [-0.15, -0.1) is 21.5 Å². The highest BCUT2D eigenvalue weighted by atomic mass is 32.1. The smallest absolute Gasteiger partial charge is 0.147 e. The van der Waals surface area contributed by atoms with Gasteiger partial charge in [0, 0.05) is 17.6 Å². The van der Waals surface area contributed by atoms with E-state index < -0.39 is 0 Å². The molecule has 1 N–H and O–H groups in total. The second kappa shape index (κ2) is 5.58. The van der Waals surface area contributed by atoms with Crippen molar-refractivity contribution in [1.82, 2.24) is 25.1 Å². The fourth-order valence-corrected chi connectivity index (χ4v) is 2.70. The molecular formula is C12H19N5S. The number of nitrogens with one attached hydrogen (secondary N) is 1. The van der Waals surface area contributed by atoms with Crippen molar-refractivity contribution in [3.8, 4) is 0 Å². The van der Waals surface area contributed by atoms with Crippen molar-refractivity contribution in [1.29, 1.82) is 0 Å². The minimum atomic E-state index is 0.242. The summed E-state index contributed by atoms with van der Waals surface area (Å²) in [4.78, 5) is 4.48. The quantitative estimate of drug-likeness (QED) is 0.900. The molecule has 6 heteroatoms. The maximum Gasteiger partial charge on any atom is 0.147 e. The molecule has 18 heavy (non-hydrogen) atoms. The molecule has 0 spiro atoms. The maximum atomic E-state index is 4.48. The summed E-state index contributed by atoms with van der Waals surface area (Å²) in [6, 6.07) is 0.242. The second-order valence-corrected chi connectivity index (χ2v) is 5.23. The zero-order chi connectivity index (χ0) is 13.1. The number of aromatic nitrogens is 4. The average Bonchev–Trinajstić information content (AvgIpc) is 2.92. The van der Waals surface area contributed by atoms with Crippen LogP contribution in [-0.4, -0.2) is 19.7 Å². The van der Waals surface area contributed by atoms with Crippen LogP contribution in [0, 0.1) is 13.8 Å². The summed E-state index contributed by atoms with van der Waals surface area (Å²) in [6.45, 7) is 9.84. The molecule has 0 saturated heterocycles. The minimum Gasteiger partial charge on any atom is -0.314 e. The Bertz CT molecular complexity index is 516. The van der Waals surface area contributed by atoms with E-state index in [0.29, 0.717) is 6.54 Å². The Balaban J connectivity index is 1.99. The van der Waals surface area contributed by atoms with Crippen LogP contribution in [0.1, 0.15) is 42.2 Å². The molecule has 0 radical (unpaired) electrons. The zero-order valence-corrected chi connectivity index (χ0v) is 12.1. The summed E-state index contributed by atoms with van der Waals surface area (Å²) in [5.74, 6) is 1.95. The molecule has 0 fully saturated rings. The Morgan fingerprint density at radius 2 is 2.17 bits per heavy atom. The second-order valence-electron chi connectivity index (χ2n) is 4.34. The van der Waals surface area contributed by atoms with E-state index in [1.54, 1.807) is 11.3 Å². The van der Waals surface area contributed by atoms with Crippen molar-refractivity contribution in [2.75, 3.05) is 0 Å². The summed E-state index contributed by atoms with van der Waals surface area (Å²) in [5.41, 5.74) is 1.08. The Labute approximate surface area is 111 Å². The molecule has 1 unspecified atom stereocenters. The van der Waals surface area contributed by atoms with Gasteiger partial charge in [-0.05, 0) is 27.7 Å². The summed E-state index contributed by atoms with van der Waals surface area (Å²) in [5, 5.41) is 14.9. The topological polar surface area (TPSA) is 55.6 Å². The first-order valence-electron chi connectivity index (χ1n) is 6.16. The lowest BCUT2D eigenvalue weighted by Gasteiger charge is -2.11. The first-order valence-corrected chi connectivity index (χ1v) is 7.03. The number of hydrogen-bond donors (Lipinski definition) is 1. The molecular weight excluding hydrogens is 246 g/mol. The standard InChI is InChI=1S/C12H19N5S/c1-5-17-10(4)15-16-11(17)6-13-9(3)12-14-8(2)7-18-12/h7,9,13H,5-6H2,1-4H3. The minimum absolute atomic E-state index is 0.242. The molecule has 98 valence electrons. The lowest BCUT2D eigenvalue weighted by molar-refractivity contribution is 0.535. The molecule has 0 aromatic carbocycles. The van der Waals surface area contributed by atoms with Crippen molar-refractivity contribution in [2.45, 2.75) is 46.8 Å². The van der Waals surface area contributed by atoms with E-state index in [-0.39, 0.29) is 6.04 Å². The first kappa shape index (κ1) is 13.2. The summed E-state index contributed by atoms with van der Waals surface area (Å²) in [7, 11) is 0. The Hall–Kier alpha value is -1.27. The van der Waals surface area contributed by atoms with Crippen molar-refractivity contribution in [3.05, 3.63) is 27.7 Å². The molecule has 0 aliphatic carbocycles. The summed E-state index contributed by atoms with van der Waals surface area (Å²) >= 11 is 1.69. The number of nitrogens with zero attached hydrogens (tertiary/aromatic N) is 4. The van der Waals surface area contributed by atoms with Crippen LogP contribution in [0.25, 0.3) is 0 Å². The molecule has 1 atom stereocenters. The Kier molecular flexibility index (Phi) is 4.08. The van der Waals surface area contributed by atoms with E-state index in [2.05, 4.69) is 44.3 Å². The van der Waals surface area contributed by atoms with E-state index in [1.165, 1.54) is 0 Å². The number of aryl methyl sites for hydroxylation is 2. The van der Waals surface area contributed by atoms with Gasteiger partial charge < -0.3 is 9.88 Å². The normalized spacial score (nSPS) is 12.9. The fraction of sp³-hybridized carbons (Fsp3) is 0.583. The van der Waals surface area contributed by atoms with E-state index in [0.717, 1.165) is 28.9 Å². The fourth-order valence-electron chi connectivity index (χ4n) is 1.87. The van der Waals surface area contributed by atoms with Crippen molar-refractivity contribution >= 4 is 11.3 Å². The molecule has 0 bridgehead atoms. The molecule has 0 aliphatic rings. The van der Waals surface area contributed by atoms with Gasteiger partial charge in [0.05, 0.1) is 12.6 Å². The predicted octanol–water partition coefficient (Wildman–Crippen LogP) is 2.22. The average molecular weight is 265 g/mol. The highest BCUT2D eigenvalue weighted by Crippen LogP contribution is 2.17. The SMILES string of the molecule is CCn1c(C)nnc1CNC(C)c1nc(C)cs1. The molecule has 2 aromatic heterocycles. The third kappa shape index (κ3) is 2.76. The van der Waals surface area contributed by atoms with Crippen LogP contribution < -0.4 is 5.32 Å². The lowest BCUT2D eigenvalue weighted by atomic mass is 10.3. The van der Waals surface area contributed by atoms with Gasteiger partial charge in [0.15, 0.2) is 0 Å². The van der Waals surface area contributed by atoms with Crippen LogP contribution in [-0.2, 0) is 13.1 Å². The highest BCUT2D eigenvalue weighted by molar-refractivity contribution is 7.09.